The van der Waals surface area contributed by atoms with Gasteiger partial charge in [-0.05, 0) is 12.8 Å². The van der Waals surface area contributed by atoms with Crippen LogP contribution in [-0.4, -0.2) is 36.7 Å². The zero-order chi connectivity index (χ0) is 27.0. The van der Waals surface area contributed by atoms with Crippen molar-refractivity contribution < 1.29 is 38.5 Å². The molecule has 0 unspecified atom stereocenters. The standard InChI is InChI=1S/2C15H30O2S.Zn/c2*1-2-3-4-5-6-7-8-9-10-11-12-13-17-15(16)14-18;/h2*18H,2-14H2,1H3;/q;;+2/p-2. The number of unbranched alkanes of at least 4 members (excludes halogenated alkanes) is 20. The van der Waals surface area contributed by atoms with Crippen molar-refractivity contribution in [2.75, 3.05) is 24.7 Å². The number of hydrogen-bond acceptors (Lipinski definition) is 6. The van der Waals surface area contributed by atoms with Crippen molar-refractivity contribution in [3.8, 4) is 0 Å². The molecule has 0 aliphatic rings. The minimum atomic E-state index is -0.253. The molecule has 0 aromatic carbocycles. The van der Waals surface area contributed by atoms with Gasteiger partial charge in [0.2, 0.25) is 0 Å². The second-order valence-corrected chi connectivity index (χ2v) is 10.4. The van der Waals surface area contributed by atoms with E-state index in [1.807, 2.05) is 0 Å². The van der Waals surface area contributed by atoms with Crippen molar-refractivity contribution in [3.63, 3.8) is 0 Å². The van der Waals surface area contributed by atoms with Gasteiger partial charge in [0.15, 0.2) is 0 Å². The van der Waals surface area contributed by atoms with Crippen LogP contribution in [-0.2, 0) is 63.8 Å². The van der Waals surface area contributed by atoms with Crippen molar-refractivity contribution in [1.82, 2.24) is 0 Å². The zero-order valence-corrected chi connectivity index (χ0v) is 29.1. The second-order valence-electron chi connectivity index (χ2n) is 9.80. The van der Waals surface area contributed by atoms with Crippen LogP contribution in [0.2, 0.25) is 0 Å². The van der Waals surface area contributed by atoms with E-state index >= 15 is 0 Å². The Labute approximate surface area is 254 Å². The summed E-state index contributed by atoms with van der Waals surface area (Å²) in [4.78, 5) is 21.5. The fourth-order valence-corrected chi connectivity index (χ4v) is 4.15. The summed E-state index contributed by atoms with van der Waals surface area (Å²) in [6.45, 7) is 5.61. The van der Waals surface area contributed by atoms with Crippen LogP contribution < -0.4 is 0 Å². The van der Waals surface area contributed by atoms with Crippen molar-refractivity contribution in [3.05, 3.63) is 0 Å². The fraction of sp³-hybridized carbons (Fsp3) is 0.933. The van der Waals surface area contributed by atoms with E-state index in [-0.39, 0.29) is 42.9 Å². The van der Waals surface area contributed by atoms with Gasteiger partial charge >= 0.3 is 19.5 Å². The smallest absolute Gasteiger partial charge is 0.782 e. The van der Waals surface area contributed by atoms with Crippen LogP contribution in [0.15, 0.2) is 0 Å². The molecule has 0 atom stereocenters. The molecule has 0 aromatic rings. The van der Waals surface area contributed by atoms with Gasteiger partial charge in [0.25, 0.3) is 11.9 Å². The SMILES string of the molecule is CCCCCCCCCCCCCOC(=O)C[S-].CCCCCCCCCCCCCOC(=O)C[S-].[Zn+2]. The van der Waals surface area contributed by atoms with Crippen LogP contribution in [0.25, 0.3) is 0 Å². The summed E-state index contributed by atoms with van der Waals surface area (Å²) < 4.78 is 9.86. The summed E-state index contributed by atoms with van der Waals surface area (Å²) in [5.41, 5.74) is 0. The van der Waals surface area contributed by atoms with Crippen molar-refractivity contribution in [1.29, 1.82) is 0 Å². The first-order chi connectivity index (χ1) is 17.6. The summed E-state index contributed by atoms with van der Waals surface area (Å²) in [6, 6.07) is 0. The first kappa shape index (κ1) is 41.7. The summed E-state index contributed by atoms with van der Waals surface area (Å²) in [7, 11) is 0. The van der Waals surface area contributed by atoms with Crippen LogP contribution in [0.4, 0.5) is 0 Å². The van der Waals surface area contributed by atoms with E-state index in [2.05, 4.69) is 39.1 Å². The van der Waals surface area contributed by atoms with Crippen LogP contribution in [0.5, 0.6) is 0 Å². The summed E-state index contributed by atoms with van der Waals surface area (Å²) in [6.07, 6.45) is 28.8. The Bertz CT molecular complexity index is 413. The quantitative estimate of drug-likeness (QED) is 0.0422. The molecule has 7 heteroatoms. The molecular formula is C30H58O4S2Zn. The van der Waals surface area contributed by atoms with Gasteiger partial charge in [0, 0.05) is 0 Å². The molecule has 0 rings (SSSR count). The number of ether oxygens (including phenoxy) is 2. The van der Waals surface area contributed by atoms with Gasteiger partial charge in [-0.3, -0.25) is 9.59 Å². The van der Waals surface area contributed by atoms with E-state index < -0.39 is 0 Å². The van der Waals surface area contributed by atoms with Gasteiger partial charge in [-0.25, -0.2) is 0 Å². The maximum atomic E-state index is 10.8. The molecule has 0 heterocycles. The summed E-state index contributed by atoms with van der Waals surface area (Å²) in [5, 5.41) is 0. The van der Waals surface area contributed by atoms with Crippen molar-refractivity contribution in [2.45, 2.75) is 155 Å². The fourth-order valence-electron chi connectivity index (χ4n) is 3.99. The van der Waals surface area contributed by atoms with E-state index in [1.165, 1.54) is 128 Å². The zero-order valence-electron chi connectivity index (χ0n) is 24.5. The number of hydrogen-bond donors (Lipinski definition) is 0. The Morgan fingerprint density at radius 1 is 0.432 bits per heavy atom. The molecular weight excluding hydrogens is 554 g/mol. The summed E-state index contributed by atoms with van der Waals surface area (Å²) in [5.74, 6) is -0.343. The third-order valence-electron chi connectivity index (χ3n) is 6.26. The molecule has 0 saturated carbocycles. The summed E-state index contributed by atoms with van der Waals surface area (Å²) >= 11 is 9.17. The second kappa shape index (κ2) is 38.4. The first-order valence-electron chi connectivity index (χ1n) is 15.1. The minimum absolute atomic E-state index is 0. The number of carbonyl (C=O) groups excluding carboxylic acids is 2. The molecule has 0 N–H and O–H groups in total. The number of esters is 2. The molecule has 0 aliphatic carbocycles. The molecule has 0 saturated heterocycles. The van der Waals surface area contributed by atoms with E-state index in [9.17, 15) is 9.59 Å². The van der Waals surface area contributed by atoms with Gasteiger partial charge in [-0.15, -0.1) is 0 Å². The Kier molecular flexibility index (Phi) is 43.3. The van der Waals surface area contributed by atoms with Gasteiger partial charge in [-0.1, -0.05) is 154 Å². The van der Waals surface area contributed by atoms with Gasteiger partial charge in [-0.2, -0.15) is 0 Å². The number of rotatable bonds is 26. The van der Waals surface area contributed by atoms with Crippen LogP contribution in [0.1, 0.15) is 155 Å². The predicted octanol–water partition coefficient (Wildman–Crippen LogP) is 8.77. The molecule has 0 amide bonds. The Hall–Kier alpha value is 0.263. The molecule has 216 valence electrons. The Morgan fingerprint density at radius 2 is 0.649 bits per heavy atom. The van der Waals surface area contributed by atoms with Crippen molar-refractivity contribution in [2.24, 2.45) is 0 Å². The molecule has 0 aromatic heterocycles. The maximum absolute atomic E-state index is 10.8. The number of carbonyl (C=O) groups is 2. The van der Waals surface area contributed by atoms with Gasteiger partial charge < -0.3 is 34.7 Å². The van der Waals surface area contributed by atoms with Gasteiger partial charge in [0.05, 0.1) is 13.2 Å². The molecule has 0 fully saturated rings. The molecule has 0 spiro atoms. The minimum Gasteiger partial charge on any atom is -0.782 e. The Morgan fingerprint density at radius 3 is 0.865 bits per heavy atom. The average molecular weight is 612 g/mol. The third kappa shape index (κ3) is 40.9. The maximum Gasteiger partial charge on any atom is 2.00 e. The van der Waals surface area contributed by atoms with E-state index in [0.717, 1.165) is 12.8 Å². The van der Waals surface area contributed by atoms with Crippen molar-refractivity contribution >= 4 is 37.2 Å². The van der Waals surface area contributed by atoms with E-state index in [1.54, 1.807) is 0 Å². The average Bonchev–Trinajstić information content (AvgIpc) is 2.89. The van der Waals surface area contributed by atoms with Gasteiger partial charge in [0.1, 0.15) is 0 Å². The van der Waals surface area contributed by atoms with E-state index in [0.29, 0.717) is 13.2 Å². The van der Waals surface area contributed by atoms with Crippen LogP contribution in [0, 0.1) is 0 Å². The largest absolute Gasteiger partial charge is 2.00 e. The van der Waals surface area contributed by atoms with E-state index in [4.69, 9.17) is 9.47 Å². The molecule has 0 bridgehead atoms. The Balaban J connectivity index is -0.000000608. The molecule has 0 aliphatic heterocycles. The molecule has 4 nitrogen and oxygen atoms in total. The predicted molar refractivity (Wildman–Crippen MR) is 159 cm³/mol. The monoisotopic (exact) mass is 610 g/mol. The third-order valence-corrected chi connectivity index (χ3v) is 6.73. The van der Waals surface area contributed by atoms with Crippen LogP contribution >= 0.6 is 0 Å². The molecule has 37 heavy (non-hydrogen) atoms. The normalized spacial score (nSPS) is 10.3. The van der Waals surface area contributed by atoms with Crippen LogP contribution in [0.3, 0.4) is 0 Å². The topological polar surface area (TPSA) is 52.6 Å². The molecule has 0 radical (unpaired) electrons. The first-order valence-corrected chi connectivity index (χ1v) is 16.2.